The maximum Gasteiger partial charge on any atom is 0.247 e. The third-order valence-electron chi connectivity index (χ3n) is 3.82. The van der Waals surface area contributed by atoms with Crippen molar-refractivity contribution in [2.24, 2.45) is 0 Å². The molecule has 130 valence electrons. The smallest absolute Gasteiger partial charge is 0.247 e. The van der Waals surface area contributed by atoms with E-state index in [1.165, 1.54) is 11.3 Å². The van der Waals surface area contributed by atoms with Gasteiger partial charge in [0.1, 0.15) is 0 Å². The molecule has 0 radical (unpaired) electrons. The number of carbonyl (C=O) groups excluding carboxylic acids is 1. The van der Waals surface area contributed by atoms with Crippen molar-refractivity contribution in [3.8, 4) is 11.5 Å². The molecule has 0 fully saturated rings. The van der Waals surface area contributed by atoms with Crippen molar-refractivity contribution >= 4 is 32.6 Å². The van der Waals surface area contributed by atoms with Gasteiger partial charge in [-0.3, -0.25) is 4.79 Å². The Hall–Kier alpha value is -3.06. The van der Waals surface area contributed by atoms with Crippen molar-refractivity contribution in [3.05, 3.63) is 60.5 Å². The standard InChI is InChI=1S/C19H16N4O2S/c24-16(21-19-20-14-9-4-5-10-15(14)26-19)11-6-12-17-22-23-18(25-17)13-7-2-1-3-8-13/h1-5,7-10H,6,11-12H2,(H,20,21,24). The first-order chi connectivity index (χ1) is 12.8. The number of rotatable bonds is 6. The number of benzene rings is 2. The van der Waals surface area contributed by atoms with Crippen molar-refractivity contribution < 1.29 is 9.21 Å². The average molecular weight is 364 g/mol. The highest BCUT2D eigenvalue weighted by atomic mass is 32.1. The lowest BCUT2D eigenvalue weighted by atomic mass is 10.2. The predicted molar refractivity (Wildman–Crippen MR) is 101 cm³/mol. The number of nitrogens with one attached hydrogen (secondary N) is 1. The number of para-hydroxylation sites is 1. The molecule has 4 aromatic rings. The van der Waals surface area contributed by atoms with Gasteiger partial charge in [0.15, 0.2) is 5.13 Å². The van der Waals surface area contributed by atoms with Crippen LogP contribution in [0, 0.1) is 0 Å². The van der Waals surface area contributed by atoms with Crippen LogP contribution in [-0.2, 0) is 11.2 Å². The molecule has 1 N–H and O–H groups in total. The molecule has 2 heterocycles. The summed E-state index contributed by atoms with van der Waals surface area (Å²) in [4.78, 5) is 16.5. The second kappa shape index (κ2) is 7.45. The minimum absolute atomic E-state index is 0.0631. The molecule has 0 aliphatic rings. The Balaban J connectivity index is 1.29. The van der Waals surface area contributed by atoms with Crippen LogP contribution in [0.15, 0.2) is 59.0 Å². The van der Waals surface area contributed by atoms with Crippen molar-refractivity contribution in [1.29, 1.82) is 0 Å². The van der Waals surface area contributed by atoms with E-state index in [9.17, 15) is 4.79 Å². The van der Waals surface area contributed by atoms with Crippen molar-refractivity contribution in [1.82, 2.24) is 15.2 Å². The van der Waals surface area contributed by atoms with Crippen LogP contribution in [0.4, 0.5) is 5.13 Å². The van der Waals surface area contributed by atoms with E-state index in [2.05, 4.69) is 20.5 Å². The van der Waals surface area contributed by atoms with Gasteiger partial charge in [-0.2, -0.15) is 0 Å². The predicted octanol–water partition coefficient (Wildman–Crippen LogP) is 4.31. The number of aryl methyl sites for hydroxylation is 1. The molecular weight excluding hydrogens is 348 g/mol. The number of aromatic nitrogens is 3. The minimum Gasteiger partial charge on any atom is -0.421 e. The van der Waals surface area contributed by atoms with Gasteiger partial charge in [0, 0.05) is 18.4 Å². The summed E-state index contributed by atoms with van der Waals surface area (Å²) in [5, 5.41) is 11.6. The van der Waals surface area contributed by atoms with Crippen LogP contribution < -0.4 is 5.32 Å². The van der Waals surface area contributed by atoms with Gasteiger partial charge in [0.25, 0.3) is 0 Å². The summed E-state index contributed by atoms with van der Waals surface area (Å²) in [6.07, 6.45) is 1.57. The normalized spacial score (nSPS) is 10.9. The summed E-state index contributed by atoms with van der Waals surface area (Å²) in [5.74, 6) is 0.975. The Morgan fingerprint density at radius 2 is 1.85 bits per heavy atom. The lowest BCUT2D eigenvalue weighted by molar-refractivity contribution is -0.116. The Kier molecular flexibility index (Phi) is 4.70. The fourth-order valence-electron chi connectivity index (χ4n) is 2.56. The second-order valence-corrected chi connectivity index (χ2v) is 6.79. The van der Waals surface area contributed by atoms with Gasteiger partial charge in [0.2, 0.25) is 17.7 Å². The first-order valence-electron chi connectivity index (χ1n) is 8.31. The van der Waals surface area contributed by atoms with Crippen LogP contribution in [0.1, 0.15) is 18.7 Å². The largest absolute Gasteiger partial charge is 0.421 e. The van der Waals surface area contributed by atoms with Gasteiger partial charge in [-0.25, -0.2) is 4.98 Å². The van der Waals surface area contributed by atoms with Gasteiger partial charge in [-0.05, 0) is 30.7 Å². The van der Waals surface area contributed by atoms with Crippen LogP contribution in [0.5, 0.6) is 0 Å². The third-order valence-corrected chi connectivity index (χ3v) is 4.77. The number of carbonyl (C=O) groups is 1. The van der Waals surface area contributed by atoms with Gasteiger partial charge >= 0.3 is 0 Å². The molecule has 0 spiro atoms. The lowest BCUT2D eigenvalue weighted by Crippen LogP contribution is -2.11. The molecule has 0 bridgehead atoms. The average Bonchev–Trinajstić information content (AvgIpc) is 3.29. The van der Waals surface area contributed by atoms with E-state index in [4.69, 9.17) is 4.42 Å². The van der Waals surface area contributed by atoms with Crippen LogP contribution >= 0.6 is 11.3 Å². The Labute approximate surface area is 153 Å². The molecule has 0 aliphatic carbocycles. The first kappa shape index (κ1) is 16.4. The van der Waals surface area contributed by atoms with Crippen molar-refractivity contribution in [2.45, 2.75) is 19.3 Å². The molecular formula is C19H16N4O2S. The Morgan fingerprint density at radius 1 is 1.04 bits per heavy atom. The fraction of sp³-hybridized carbons (Fsp3) is 0.158. The highest BCUT2D eigenvalue weighted by Crippen LogP contribution is 2.25. The van der Waals surface area contributed by atoms with Crippen LogP contribution in [0.3, 0.4) is 0 Å². The second-order valence-electron chi connectivity index (χ2n) is 5.76. The van der Waals surface area contributed by atoms with Gasteiger partial charge in [-0.1, -0.05) is 41.7 Å². The molecule has 0 aliphatic heterocycles. The lowest BCUT2D eigenvalue weighted by Gasteiger charge is -2.00. The van der Waals surface area contributed by atoms with E-state index in [0.29, 0.717) is 36.2 Å². The number of nitrogens with zero attached hydrogens (tertiary/aromatic N) is 3. The topological polar surface area (TPSA) is 80.9 Å². The number of anilines is 1. The third kappa shape index (κ3) is 3.78. The van der Waals surface area contributed by atoms with E-state index in [-0.39, 0.29) is 5.91 Å². The van der Waals surface area contributed by atoms with Crippen molar-refractivity contribution in [3.63, 3.8) is 0 Å². The monoisotopic (exact) mass is 364 g/mol. The molecule has 2 aromatic heterocycles. The van der Waals surface area contributed by atoms with Crippen LogP contribution in [0.2, 0.25) is 0 Å². The summed E-state index contributed by atoms with van der Waals surface area (Å²) in [5.41, 5.74) is 1.78. The van der Waals surface area contributed by atoms with Crippen LogP contribution in [0.25, 0.3) is 21.7 Å². The highest BCUT2D eigenvalue weighted by molar-refractivity contribution is 7.22. The number of fused-ring (bicyclic) bond motifs is 1. The minimum atomic E-state index is -0.0631. The van der Waals surface area contributed by atoms with E-state index in [0.717, 1.165) is 15.8 Å². The van der Waals surface area contributed by atoms with E-state index in [1.54, 1.807) is 0 Å². The van der Waals surface area contributed by atoms with Gasteiger partial charge in [0.05, 0.1) is 10.2 Å². The quantitative estimate of drug-likeness (QED) is 0.551. The van der Waals surface area contributed by atoms with Gasteiger partial charge in [-0.15, -0.1) is 10.2 Å². The maximum absolute atomic E-state index is 12.1. The van der Waals surface area contributed by atoms with E-state index in [1.807, 2.05) is 54.6 Å². The van der Waals surface area contributed by atoms with Crippen molar-refractivity contribution in [2.75, 3.05) is 5.32 Å². The summed E-state index contributed by atoms with van der Waals surface area (Å²) in [6, 6.07) is 17.4. The van der Waals surface area contributed by atoms with E-state index < -0.39 is 0 Å². The molecule has 4 rings (SSSR count). The van der Waals surface area contributed by atoms with Gasteiger partial charge < -0.3 is 9.73 Å². The summed E-state index contributed by atoms with van der Waals surface area (Å²) in [6.45, 7) is 0. The van der Waals surface area contributed by atoms with Crippen LogP contribution in [-0.4, -0.2) is 21.1 Å². The number of hydrogen-bond acceptors (Lipinski definition) is 6. The molecule has 0 saturated carbocycles. The SMILES string of the molecule is O=C(CCCc1nnc(-c2ccccc2)o1)Nc1nc2ccccc2s1. The number of hydrogen-bond donors (Lipinski definition) is 1. The molecule has 0 unspecified atom stereocenters. The fourth-order valence-corrected chi connectivity index (χ4v) is 3.44. The summed E-state index contributed by atoms with van der Waals surface area (Å²) in [7, 11) is 0. The zero-order valence-corrected chi connectivity index (χ0v) is 14.7. The zero-order valence-electron chi connectivity index (χ0n) is 13.9. The number of thiazole rings is 1. The highest BCUT2D eigenvalue weighted by Gasteiger charge is 2.10. The summed E-state index contributed by atoms with van der Waals surface area (Å²) < 4.78 is 6.70. The molecule has 7 heteroatoms. The number of amides is 1. The zero-order chi connectivity index (χ0) is 17.8. The molecule has 1 amide bonds. The summed E-state index contributed by atoms with van der Waals surface area (Å²) >= 11 is 1.47. The molecule has 0 atom stereocenters. The molecule has 0 saturated heterocycles. The molecule has 6 nitrogen and oxygen atoms in total. The Bertz CT molecular complexity index is 993. The maximum atomic E-state index is 12.1. The Morgan fingerprint density at radius 3 is 2.69 bits per heavy atom. The molecule has 2 aromatic carbocycles. The molecule has 26 heavy (non-hydrogen) atoms. The first-order valence-corrected chi connectivity index (χ1v) is 9.13. The van der Waals surface area contributed by atoms with E-state index >= 15 is 0 Å².